The minimum Gasteiger partial charge on any atom is -0.211 e. The largest absolute Gasteiger partial charge is 0.252 e. The normalized spacial score (nSPS) is 18.7. The molecular weight excluding hydrogens is 428 g/mol. The molecule has 1 atom stereocenters. The molecule has 1 saturated heterocycles. The quantitative estimate of drug-likeness (QED) is 0.625. The highest BCUT2D eigenvalue weighted by Crippen LogP contribution is 2.29. The molecule has 160 valence electrons. The Morgan fingerprint density at radius 1 is 1.10 bits per heavy atom. The molecule has 1 aliphatic heterocycles. The highest BCUT2D eigenvalue weighted by molar-refractivity contribution is 7.91. The second kappa shape index (κ2) is 9.70. The topological polar surface area (TPSA) is 83.6 Å². The lowest BCUT2D eigenvalue weighted by atomic mass is 10.0. The number of benzene rings is 1. The Bertz CT molecular complexity index is 985. The Labute approximate surface area is 178 Å². The summed E-state index contributed by atoms with van der Waals surface area (Å²) < 4.78 is 55.5. The number of rotatable bonds is 9. The first kappa shape index (κ1) is 22.4. The number of nitrogens with zero attached hydrogens (tertiary/aromatic N) is 1. The van der Waals surface area contributed by atoms with Crippen molar-refractivity contribution in [2.24, 2.45) is 0 Å². The molecule has 1 aromatic carbocycles. The van der Waals surface area contributed by atoms with E-state index in [-0.39, 0.29) is 17.5 Å². The second-order valence-electron chi connectivity index (χ2n) is 7.28. The molecular formula is C20H28N2O4S3. The van der Waals surface area contributed by atoms with Gasteiger partial charge < -0.3 is 0 Å². The average molecular weight is 457 g/mol. The molecule has 0 aliphatic carbocycles. The van der Waals surface area contributed by atoms with Gasteiger partial charge in [-0.3, -0.25) is 0 Å². The van der Waals surface area contributed by atoms with E-state index < -0.39 is 20.0 Å². The summed E-state index contributed by atoms with van der Waals surface area (Å²) in [6.45, 7) is 2.77. The summed E-state index contributed by atoms with van der Waals surface area (Å²) in [4.78, 5) is 0.240. The summed E-state index contributed by atoms with van der Waals surface area (Å²) in [5, 5.41) is 1.76. The van der Waals surface area contributed by atoms with E-state index >= 15 is 0 Å². The summed E-state index contributed by atoms with van der Waals surface area (Å²) in [5.74, 6) is 0. The van der Waals surface area contributed by atoms with Gasteiger partial charge in [-0.25, -0.2) is 21.6 Å². The molecule has 29 heavy (non-hydrogen) atoms. The van der Waals surface area contributed by atoms with Crippen LogP contribution in [-0.2, 0) is 26.5 Å². The van der Waals surface area contributed by atoms with E-state index in [0.717, 1.165) is 37.7 Å². The van der Waals surface area contributed by atoms with Crippen LogP contribution in [0.25, 0.3) is 0 Å². The van der Waals surface area contributed by atoms with Crippen LogP contribution in [0, 0.1) is 0 Å². The van der Waals surface area contributed by atoms with Gasteiger partial charge in [0.05, 0.1) is 4.90 Å². The Balaban J connectivity index is 1.63. The molecule has 0 amide bonds. The fraction of sp³-hybridized carbons (Fsp3) is 0.500. The second-order valence-corrected chi connectivity index (χ2v) is 12.1. The van der Waals surface area contributed by atoms with E-state index in [0.29, 0.717) is 17.2 Å². The minimum atomic E-state index is -3.60. The molecule has 0 radical (unpaired) electrons. The molecule has 1 aliphatic rings. The first-order chi connectivity index (χ1) is 13.8. The van der Waals surface area contributed by atoms with Gasteiger partial charge in [0.2, 0.25) is 10.0 Å². The van der Waals surface area contributed by atoms with Crippen LogP contribution >= 0.6 is 11.3 Å². The zero-order chi connectivity index (χ0) is 20.9. The van der Waals surface area contributed by atoms with Crippen molar-refractivity contribution in [1.82, 2.24) is 9.03 Å². The molecule has 1 N–H and O–H groups in total. The molecule has 1 unspecified atom stereocenters. The minimum absolute atomic E-state index is 0.189. The van der Waals surface area contributed by atoms with Crippen molar-refractivity contribution in [2.45, 2.75) is 60.6 Å². The maximum atomic E-state index is 12.9. The summed E-state index contributed by atoms with van der Waals surface area (Å²) in [5.41, 5.74) is 1.11. The van der Waals surface area contributed by atoms with Gasteiger partial charge in [-0.15, -0.1) is 11.3 Å². The van der Waals surface area contributed by atoms with Crippen LogP contribution in [0.15, 0.2) is 50.9 Å². The number of nitrogens with one attached hydrogen (secondary N) is 1. The van der Waals surface area contributed by atoms with Crippen molar-refractivity contribution in [2.75, 3.05) is 13.1 Å². The number of sulfonamides is 2. The third-order valence-corrected chi connectivity index (χ3v) is 9.97. The van der Waals surface area contributed by atoms with Crippen molar-refractivity contribution < 1.29 is 16.8 Å². The predicted molar refractivity (Wildman–Crippen MR) is 116 cm³/mol. The SMILES string of the molecule is CCCc1ccc(S(=O)(=O)NCCC2CCCCN2S(=O)(=O)c2cccs2)cc1. The van der Waals surface area contributed by atoms with Crippen LogP contribution in [0.4, 0.5) is 0 Å². The van der Waals surface area contributed by atoms with E-state index in [1.807, 2.05) is 12.1 Å². The fourth-order valence-corrected chi connectivity index (χ4v) is 7.56. The van der Waals surface area contributed by atoms with E-state index in [1.165, 1.54) is 11.3 Å². The zero-order valence-corrected chi connectivity index (χ0v) is 19.0. The first-order valence-corrected chi connectivity index (χ1v) is 13.8. The third kappa shape index (κ3) is 5.46. The third-order valence-electron chi connectivity index (χ3n) is 5.17. The summed E-state index contributed by atoms with van der Waals surface area (Å²) >= 11 is 1.21. The lowest BCUT2D eigenvalue weighted by molar-refractivity contribution is 0.242. The van der Waals surface area contributed by atoms with Gasteiger partial charge in [-0.1, -0.05) is 38.0 Å². The van der Waals surface area contributed by atoms with Gasteiger partial charge in [0, 0.05) is 19.1 Å². The van der Waals surface area contributed by atoms with Crippen LogP contribution in [0.3, 0.4) is 0 Å². The number of piperidine rings is 1. The van der Waals surface area contributed by atoms with E-state index in [9.17, 15) is 16.8 Å². The monoisotopic (exact) mass is 456 g/mol. The van der Waals surface area contributed by atoms with E-state index in [1.54, 1.807) is 34.0 Å². The van der Waals surface area contributed by atoms with Crippen molar-refractivity contribution in [3.63, 3.8) is 0 Å². The van der Waals surface area contributed by atoms with Crippen LogP contribution < -0.4 is 4.72 Å². The van der Waals surface area contributed by atoms with Gasteiger partial charge in [0.15, 0.2) is 0 Å². The predicted octanol–water partition coefficient (Wildman–Crippen LogP) is 3.61. The lowest BCUT2D eigenvalue weighted by Crippen LogP contribution is -2.44. The van der Waals surface area contributed by atoms with E-state index in [2.05, 4.69) is 11.6 Å². The highest BCUT2D eigenvalue weighted by Gasteiger charge is 2.34. The number of aryl methyl sites for hydroxylation is 1. The average Bonchev–Trinajstić information content (AvgIpc) is 3.25. The summed E-state index contributed by atoms with van der Waals surface area (Å²) in [6.07, 6.45) is 4.92. The van der Waals surface area contributed by atoms with Crippen LogP contribution in [0.5, 0.6) is 0 Å². The van der Waals surface area contributed by atoms with Crippen molar-refractivity contribution in [3.05, 3.63) is 47.3 Å². The Morgan fingerprint density at radius 2 is 1.86 bits per heavy atom. The number of hydrogen-bond donors (Lipinski definition) is 1. The van der Waals surface area contributed by atoms with Crippen LogP contribution in [-0.4, -0.2) is 40.3 Å². The molecule has 3 rings (SSSR count). The van der Waals surface area contributed by atoms with Crippen LogP contribution in [0.2, 0.25) is 0 Å². The first-order valence-electron chi connectivity index (χ1n) is 9.98. The fourth-order valence-electron chi connectivity index (χ4n) is 3.67. The molecule has 0 saturated carbocycles. The van der Waals surface area contributed by atoms with Gasteiger partial charge in [0.1, 0.15) is 4.21 Å². The molecule has 6 nitrogen and oxygen atoms in total. The van der Waals surface area contributed by atoms with Gasteiger partial charge in [-0.2, -0.15) is 4.31 Å². The van der Waals surface area contributed by atoms with Crippen LogP contribution in [0.1, 0.15) is 44.6 Å². The lowest BCUT2D eigenvalue weighted by Gasteiger charge is -2.34. The Hall–Kier alpha value is -1.26. The van der Waals surface area contributed by atoms with Gasteiger partial charge in [-0.05, 0) is 54.8 Å². The molecule has 9 heteroatoms. The standard InChI is InChI=1S/C20H28N2O4S3/c1-2-6-17-9-11-19(12-10-17)28(23,24)21-14-13-18-7-3-4-15-22(18)29(25,26)20-8-5-16-27-20/h5,8-12,16,18,21H,2-4,6-7,13-15H2,1H3. The molecule has 1 fully saturated rings. The van der Waals surface area contributed by atoms with E-state index in [4.69, 9.17) is 0 Å². The van der Waals surface area contributed by atoms with Gasteiger partial charge >= 0.3 is 0 Å². The molecule has 0 spiro atoms. The molecule has 1 aromatic heterocycles. The molecule has 0 bridgehead atoms. The van der Waals surface area contributed by atoms with Gasteiger partial charge in [0.25, 0.3) is 10.0 Å². The van der Waals surface area contributed by atoms with Crippen molar-refractivity contribution >= 4 is 31.4 Å². The maximum Gasteiger partial charge on any atom is 0.252 e. The van der Waals surface area contributed by atoms with Crippen molar-refractivity contribution in [1.29, 1.82) is 0 Å². The molecule has 2 heterocycles. The summed E-state index contributed by atoms with van der Waals surface area (Å²) in [6, 6.07) is 10.1. The smallest absolute Gasteiger partial charge is 0.211 e. The Kier molecular flexibility index (Phi) is 7.50. The molecule has 2 aromatic rings. The Morgan fingerprint density at radius 3 is 2.52 bits per heavy atom. The number of thiophene rings is 1. The summed E-state index contributed by atoms with van der Waals surface area (Å²) in [7, 11) is -7.13. The zero-order valence-electron chi connectivity index (χ0n) is 16.6. The van der Waals surface area contributed by atoms with Crippen molar-refractivity contribution in [3.8, 4) is 0 Å². The highest BCUT2D eigenvalue weighted by atomic mass is 32.2. The number of hydrogen-bond acceptors (Lipinski definition) is 5. The maximum absolute atomic E-state index is 12.9.